The number of hydrogen-bond acceptors (Lipinski definition) is 2. The first-order valence-corrected chi connectivity index (χ1v) is 4.45. The van der Waals surface area contributed by atoms with Gasteiger partial charge in [0.1, 0.15) is 0 Å². The predicted octanol–water partition coefficient (Wildman–Crippen LogP) is 1.74. The molecular weight excluding hydrogens is 162 g/mol. The molecule has 2 N–H and O–H groups in total. The van der Waals surface area contributed by atoms with Gasteiger partial charge in [-0.15, -0.1) is 0 Å². The molecule has 0 spiro atoms. The average molecular weight is 177 g/mol. The first-order chi connectivity index (χ1) is 6.11. The van der Waals surface area contributed by atoms with Crippen LogP contribution in [0.5, 0.6) is 0 Å². The maximum absolute atomic E-state index is 11.1. The van der Waals surface area contributed by atoms with Crippen LogP contribution in [0.1, 0.15) is 20.3 Å². The van der Waals surface area contributed by atoms with Crippen molar-refractivity contribution < 1.29 is 4.79 Å². The zero-order valence-corrected chi connectivity index (χ0v) is 8.08. The molecule has 1 unspecified atom stereocenters. The van der Waals surface area contributed by atoms with Crippen molar-refractivity contribution in [1.82, 2.24) is 0 Å². The quantitative estimate of drug-likeness (QED) is 0.698. The van der Waals surface area contributed by atoms with Gasteiger partial charge in [0, 0.05) is 6.04 Å². The van der Waals surface area contributed by atoms with Crippen LogP contribution in [0.2, 0.25) is 0 Å². The highest BCUT2D eigenvalue weighted by atomic mass is 16.1. The second-order valence-corrected chi connectivity index (χ2v) is 3.31. The zero-order valence-electron chi connectivity index (χ0n) is 8.08. The van der Waals surface area contributed by atoms with E-state index in [0.29, 0.717) is 6.42 Å². The van der Waals surface area contributed by atoms with E-state index in [0.717, 1.165) is 11.1 Å². The molecule has 2 nitrogen and oxygen atoms in total. The molecule has 0 bridgehead atoms. The Bertz CT molecular complexity index is 295. The molecule has 70 valence electrons. The van der Waals surface area contributed by atoms with Crippen LogP contribution >= 0.6 is 0 Å². The lowest BCUT2D eigenvalue weighted by atomic mass is 10.1. The number of nitrogens with two attached hydrogens (primary N) is 1. The van der Waals surface area contributed by atoms with Crippen molar-refractivity contribution in [1.29, 1.82) is 0 Å². The van der Waals surface area contributed by atoms with Gasteiger partial charge in [-0.2, -0.15) is 0 Å². The maximum atomic E-state index is 11.1. The average Bonchev–Trinajstić information content (AvgIpc) is 2.27. The molecule has 1 rings (SSSR count). The minimum Gasteiger partial charge on any atom is -0.324 e. The Hall–Kier alpha value is -1.15. The van der Waals surface area contributed by atoms with Crippen molar-refractivity contribution >= 4 is 5.78 Å². The smallest absolute Gasteiger partial charge is 0.156 e. The first kappa shape index (κ1) is 9.93. The Balaban J connectivity index is 2.89. The minimum absolute atomic E-state index is 0.0267. The molecule has 0 aromatic carbocycles. The molecule has 1 atom stereocenters. The second-order valence-electron chi connectivity index (χ2n) is 3.31. The van der Waals surface area contributed by atoms with Crippen LogP contribution in [0.25, 0.3) is 0 Å². The molecule has 0 aliphatic heterocycles. The van der Waals surface area contributed by atoms with Crippen molar-refractivity contribution in [3.8, 4) is 0 Å². The van der Waals surface area contributed by atoms with Gasteiger partial charge < -0.3 is 5.73 Å². The van der Waals surface area contributed by atoms with Crippen LogP contribution in [0.3, 0.4) is 0 Å². The highest BCUT2D eigenvalue weighted by Crippen LogP contribution is 2.13. The first-order valence-electron chi connectivity index (χ1n) is 4.45. The third-order valence-electron chi connectivity index (χ3n) is 2.10. The van der Waals surface area contributed by atoms with Crippen LogP contribution in [0.4, 0.5) is 0 Å². The Morgan fingerprint density at radius 2 is 2.23 bits per heavy atom. The van der Waals surface area contributed by atoms with Crippen LogP contribution in [-0.4, -0.2) is 11.8 Å². The van der Waals surface area contributed by atoms with Gasteiger partial charge in [-0.05, 0) is 31.4 Å². The maximum Gasteiger partial charge on any atom is 0.156 e. The normalized spacial score (nSPS) is 18.7. The molecule has 1 aliphatic rings. The van der Waals surface area contributed by atoms with Crippen molar-refractivity contribution in [3.05, 3.63) is 35.5 Å². The van der Waals surface area contributed by atoms with E-state index in [4.69, 9.17) is 5.73 Å². The fourth-order valence-electron chi connectivity index (χ4n) is 1.21. The van der Waals surface area contributed by atoms with Gasteiger partial charge in [-0.1, -0.05) is 24.3 Å². The summed E-state index contributed by atoms with van der Waals surface area (Å²) in [5.41, 5.74) is 7.63. The van der Waals surface area contributed by atoms with E-state index >= 15 is 0 Å². The SMILES string of the molecule is CC(=O)C1=CC=C(C(C)N)C=CC1. The van der Waals surface area contributed by atoms with Crippen LogP contribution in [-0.2, 0) is 4.79 Å². The van der Waals surface area contributed by atoms with Gasteiger partial charge in [-0.3, -0.25) is 4.79 Å². The van der Waals surface area contributed by atoms with Gasteiger partial charge in [0.15, 0.2) is 5.78 Å². The van der Waals surface area contributed by atoms with Crippen LogP contribution < -0.4 is 5.73 Å². The van der Waals surface area contributed by atoms with Gasteiger partial charge in [0.2, 0.25) is 0 Å². The molecular formula is C11H15NO. The lowest BCUT2D eigenvalue weighted by Gasteiger charge is -2.03. The number of ketones is 1. The van der Waals surface area contributed by atoms with E-state index in [9.17, 15) is 4.79 Å². The number of carbonyl (C=O) groups excluding carboxylic acids is 1. The second kappa shape index (κ2) is 4.19. The van der Waals surface area contributed by atoms with E-state index in [1.54, 1.807) is 6.92 Å². The number of hydrogen-bond donors (Lipinski definition) is 1. The summed E-state index contributed by atoms with van der Waals surface area (Å²) in [6, 6.07) is 0.0267. The summed E-state index contributed by atoms with van der Waals surface area (Å²) < 4.78 is 0. The van der Waals surface area contributed by atoms with Gasteiger partial charge in [0.25, 0.3) is 0 Å². The number of rotatable bonds is 2. The number of carbonyl (C=O) groups is 1. The van der Waals surface area contributed by atoms with Gasteiger partial charge in [-0.25, -0.2) is 0 Å². The predicted molar refractivity (Wildman–Crippen MR) is 54.3 cm³/mol. The molecule has 0 saturated carbocycles. The molecule has 0 heterocycles. The molecule has 0 fully saturated rings. The molecule has 1 aliphatic carbocycles. The third-order valence-corrected chi connectivity index (χ3v) is 2.10. The summed E-state index contributed by atoms with van der Waals surface area (Å²) in [6.07, 6.45) is 8.46. The van der Waals surface area contributed by atoms with E-state index in [-0.39, 0.29) is 11.8 Å². The van der Waals surface area contributed by atoms with E-state index in [2.05, 4.69) is 0 Å². The fraction of sp³-hybridized carbons (Fsp3) is 0.364. The van der Waals surface area contributed by atoms with Gasteiger partial charge in [0.05, 0.1) is 0 Å². The summed E-state index contributed by atoms with van der Waals surface area (Å²) in [5.74, 6) is 0.131. The lowest BCUT2D eigenvalue weighted by molar-refractivity contribution is -0.113. The largest absolute Gasteiger partial charge is 0.324 e. The van der Waals surface area contributed by atoms with Crippen molar-refractivity contribution in [2.45, 2.75) is 26.3 Å². The molecule has 0 radical (unpaired) electrons. The Morgan fingerprint density at radius 3 is 2.77 bits per heavy atom. The van der Waals surface area contributed by atoms with Crippen molar-refractivity contribution in [3.63, 3.8) is 0 Å². The third kappa shape index (κ3) is 2.67. The Kier molecular flexibility index (Phi) is 3.20. The summed E-state index contributed by atoms with van der Waals surface area (Å²) >= 11 is 0. The topological polar surface area (TPSA) is 43.1 Å². The zero-order chi connectivity index (χ0) is 9.84. The molecule has 0 aromatic rings. The summed E-state index contributed by atoms with van der Waals surface area (Å²) in [4.78, 5) is 11.1. The van der Waals surface area contributed by atoms with Crippen LogP contribution in [0, 0.1) is 0 Å². The number of Topliss-reactive ketones (excluding diaryl/α,β-unsaturated/α-hetero) is 1. The summed E-state index contributed by atoms with van der Waals surface area (Å²) in [5, 5.41) is 0. The molecule has 13 heavy (non-hydrogen) atoms. The molecule has 0 saturated heterocycles. The van der Waals surface area contributed by atoms with Gasteiger partial charge >= 0.3 is 0 Å². The number of allylic oxidation sites excluding steroid dienone is 4. The van der Waals surface area contributed by atoms with E-state index in [1.807, 2.05) is 31.2 Å². The van der Waals surface area contributed by atoms with Crippen molar-refractivity contribution in [2.75, 3.05) is 0 Å². The Morgan fingerprint density at radius 1 is 1.54 bits per heavy atom. The Labute approximate surface area is 78.8 Å². The summed E-state index contributed by atoms with van der Waals surface area (Å²) in [6.45, 7) is 3.52. The molecule has 2 heteroatoms. The lowest BCUT2D eigenvalue weighted by Crippen LogP contribution is -2.16. The highest BCUT2D eigenvalue weighted by Gasteiger charge is 2.05. The molecule has 0 amide bonds. The monoisotopic (exact) mass is 177 g/mol. The van der Waals surface area contributed by atoms with E-state index < -0.39 is 0 Å². The summed E-state index contributed by atoms with van der Waals surface area (Å²) in [7, 11) is 0. The minimum atomic E-state index is 0.0267. The van der Waals surface area contributed by atoms with Crippen molar-refractivity contribution in [2.24, 2.45) is 5.73 Å². The standard InChI is InChI=1S/C11H15NO/c1-8(12)10-4-3-5-11(7-6-10)9(2)13/h3-4,6-8H,5,12H2,1-2H3. The van der Waals surface area contributed by atoms with E-state index in [1.165, 1.54) is 0 Å². The fourth-order valence-corrected chi connectivity index (χ4v) is 1.21. The van der Waals surface area contributed by atoms with Crippen LogP contribution in [0.15, 0.2) is 35.5 Å². The molecule has 0 aromatic heterocycles. The highest BCUT2D eigenvalue weighted by molar-refractivity contribution is 5.93.